The standard InChI is InChI=1S/C22H24N2O5/c1-5-28-19(26)17-18(23)29-15-10-21(3,4)9-14(25)16(15)22(17)12-8-11(2)6-7-13(12)24-20(22)27/h6-8H,5,9-10,23H2,1-4H3,(H,24,27). The van der Waals surface area contributed by atoms with Crippen molar-refractivity contribution in [3.05, 3.63) is 52.1 Å². The van der Waals surface area contributed by atoms with E-state index in [9.17, 15) is 14.4 Å². The minimum Gasteiger partial charge on any atom is -0.462 e. The Morgan fingerprint density at radius 1 is 1.28 bits per heavy atom. The van der Waals surface area contributed by atoms with Gasteiger partial charge in [-0.15, -0.1) is 0 Å². The fraction of sp³-hybridized carbons (Fsp3) is 0.409. The van der Waals surface area contributed by atoms with Crippen LogP contribution in [0.4, 0.5) is 5.69 Å². The Morgan fingerprint density at radius 2 is 2.00 bits per heavy atom. The molecule has 2 heterocycles. The summed E-state index contributed by atoms with van der Waals surface area (Å²) in [5.41, 5.74) is 6.20. The SMILES string of the molecule is CCOC(=O)C1=C(N)OC2=C(C(=O)CC(C)(C)C2)C12C(=O)Nc1ccc(C)cc12. The third kappa shape index (κ3) is 2.60. The number of Topliss-reactive ketones (excluding diaryl/α,β-unsaturated/α-hetero) is 1. The van der Waals surface area contributed by atoms with Gasteiger partial charge >= 0.3 is 5.97 Å². The maximum atomic E-state index is 13.5. The second-order valence-corrected chi connectivity index (χ2v) is 8.55. The maximum absolute atomic E-state index is 13.5. The molecule has 1 spiro atoms. The highest BCUT2D eigenvalue weighted by Gasteiger charge is 2.62. The number of ether oxygens (including phenoxy) is 2. The number of hydrogen-bond acceptors (Lipinski definition) is 6. The number of anilines is 1. The van der Waals surface area contributed by atoms with Gasteiger partial charge in [-0.05, 0) is 25.3 Å². The van der Waals surface area contributed by atoms with E-state index >= 15 is 0 Å². The molecule has 1 amide bonds. The van der Waals surface area contributed by atoms with Crippen molar-refractivity contribution in [1.29, 1.82) is 0 Å². The zero-order valence-corrected chi connectivity index (χ0v) is 17.0. The van der Waals surface area contributed by atoms with E-state index in [1.807, 2.05) is 32.9 Å². The van der Waals surface area contributed by atoms with E-state index in [1.165, 1.54) is 0 Å². The van der Waals surface area contributed by atoms with Crippen LogP contribution in [0.1, 0.15) is 44.7 Å². The summed E-state index contributed by atoms with van der Waals surface area (Å²) in [6.45, 7) is 7.56. The van der Waals surface area contributed by atoms with Crippen LogP contribution in [0.25, 0.3) is 0 Å². The molecule has 29 heavy (non-hydrogen) atoms. The third-order valence-corrected chi connectivity index (χ3v) is 5.71. The fourth-order valence-corrected chi connectivity index (χ4v) is 4.63. The summed E-state index contributed by atoms with van der Waals surface area (Å²) in [4.78, 5) is 39.8. The van der Waals surface area contributed by atoms with Crippen LogP contribution in [-0.4, -0.2) is 24.3 Å². The Kier molecular flexibility index (Phi) is 4.12. The number of carbonyl (C=O) groups is 3. The molecule has 1 aromatic rings. The van der Waals surface area contributed by atoms with Gasteiger partial charge in [-0.25, -0.2) is 4.79 Å². The van der Waals surface area contributed by atoms with Gasteiger partial charge in [0.1, 0.15) is 16.7 Å². The van der Waals surface area contributed by atoms with Crippen molar-refractivity contribution in [2.75, 3.05) is 11.9 Å². The number of ketones is 1. The maximum Gasteiger partial charge on any atom is 0.341 e. The second kappa shape index (κ2) is 6.20. The van der Waals surface area contributed by atoms with Crippen LogP contribution in [0.5, 0.6) is 0 Å². The number of amides is 1. The summed E-state index contributed by atoms with van der Waals surface area (Å²) in [6.07, 6.45) is 0.669. The van der Waals surface area contributed by atoms with E-state index in [1.54, 1.807) is 13.0 Å². The molecule has 1 unspecified atom stereocenters. The Labute approximate surface area is 168 Å². The molecule has 3 aliphatic rings. The highest BCUT2D eigenvalue weighted by atomic mass is 16.5. The van der Waals surface area contributed by atoms with E-state index in [2.05, 4.69) is 5.32 Å². The van der Waals surface area contributed by atoms with E-state index < -0.39 is 17.3 Å². The number of esters is 1. The predicted octanol–water partition coefficient (Wildman–Crippen LogP) is 2.59. The van der Waals surface area contributed by atoms with Crippen molar-refractivity contribution < 1.29 is 23.9 Å². The van der Waals surface area contributed by atoms with Gasteiger partial charge in [0.25, 0.3) is 0 Å². The van der Waals surface area contributed by atoms with Crippen LogP contribution in [0, 0.1) is 12.3 Å². The molecule has 0 bridgehead atoms. The number of benzene rings is 1. The summed E-state index contributed by atoms with van der Waals surface area (Å²) < 4.78 is 11.0. The number of rotatable bonds is 2. The van der Waals surface area contributed by atoms with Gasteiger partial charge in [-0.2, -0.15) is 0 Å². The molecule has 1 atom stereocenters. The number of nitrogens with two attached hydrogens (primary N) is 1. The van der Waals surface area contributed by atoms with Crippen molar-refractivity contribution in [3.8, 4) is 0 Å². The lowest BCUT2D eigenvalue weighted by atomic mass is 9.61. The number of hydrogen-bond donors (Lipinski definition) is 2. The van der Waals surface area contributed by atoms with Crippen LogP contribution in [0.3, 0.4) is 0 Å². The predicted molar refractivity (Wildman–Crippen MR) is 105 cm³/mol. The lowest BCUT2D eigenvalue weighted by Gasteiger charge is -2.42. The topological polar surface area (TPSA) is 108 Å². The molecular weight excluding hydrogens is 372 g/mol. The number of aryl methyl sites for hydroxylation is 1. The molecule has 2 aliphatic heterocycles. The second-order valence-electron chi connectivity index (χ2n) is 8.55. The van der Waals surface area contributed by atoms with Gasteiger partial charge < -0.3 is 20.5 Å². The zero-order valence-electron chi connectivity index (χ0n) is 17.0. The van der Waals surface area contributed by atoms with Crippen LogP contribution in [0.2, 0.25) is 0 Å². The van der Waals surface area contributed by atoms with Crippen LogP contribution in [0.15, 0.2) is 41.0 Å². The first-order valence-corrected chi connectivity index (χ1v) is 9.66. The summed E-state index contributed by atoms with van der Waals surface area (Å²) in [7, 11) is 0. The van der Waals surface area contributed by atoms with E-state index in [4.69, 9.17) is 15.2 Å². The number of carbonyl (C=O) groups excluding carboxylic acids is 3. The minimum absolute atomic E-state index is 0.0981. The summed E-state index contributed by atoms with van der Waals surface area (Å²) in [5, 5.41) is 2.83. The molecule has 7 nitrogen and oxygen atoms in total. The van der Waals surface area contributed by atoms with Crippen molar-refractivity contribution in [2.24, 2.45) is 11.1 Å². The molecule has 0 saturated heterocycles. The lowest BCUT2D eigenvalue weighted by molar-refractivity contribution is -0.141. The summed E-state index contributed by atoms with van der Waals surface area (Å²) in [5.74, 6) is -1.33. The average molecular weight is 396 g/mol. The molecule has 1 aliphatic carbocycles. The Bertz CT molecular complexity index is 1030. The van der Waals surface area contributed by atoms with Gasteiger partial charge in [0.2, 0.25) is 11.8 Å². The normalized spacial score (nSPS) is 24.8. The molecular formula is C22H24N2O5. The third-order valence-electron chi connectivity index (χ3n) is 5.71. The Morgan fingerprint density at radius 3 is 2.69 bits per heavy atom. The number of nitrogens with one attached hydrogen (secondary N) is 1. The quantitative estimate of drug-likeness (QED) is 0.744. The molecule has 0 fully saturated rings. The van der Waals surface area contributed by atoms with Crippen molar-refractivity contribution in [2.45, 2.75) is 46.0 Å². The van der Waals surface area contributed by atoms with Crippen molar-refractivity contribution in [1.82, 2.24) is 0 Å². The largest absolute Gasteiger partial charge is 0.462 e. The molecule has 0 aromatic heterocycles. The van der Waals surface area contributed by atoms with Crippen molar-refractivity contribution >= 4 is 23.3 Å². The average Bonchev–Trinajstić information content (AvgIpc) is 2.86. The molecule has 0 saturated carbocycles. The molecule has 152 valence electrons. The smallest absolute Gasteiger partial charge is 0.341 e. The molecule has 3 N–H and O–H groups in total. The summed E-state index contributed by atoms with van der Waals surface area (Å²) in [6, 6.07) is 5.43. The van der Waals surface area contributed by atoms with Gasteiger partial charge in [0.15, 0.2) is 5.78 Å². The summed E-state index contributed by atoms with van der Waals surface area (Å²) >= 11 is 0. The Hall–Kier alpha value is -3.09. The van der Waals surface area contributed by atoms with Crippen molar-refractivity contribution in [3.63, 3.8) is 0 Å². The van der Waals surface area contributed by atoms with Gasteiger partial charge in [-0.1, -0.05) is 31.5 Å². The molecule has 7 heteroatoms. The van der Waals surface area contributed by atoms with Crippen LogP contribution in [-0.2, 0) is 29.3 Å². The first-order valence-electron chi connectivity index (χ1n) is 9.66. The lowest BCUT2D eigenvalue weighted by Crippen LogP contribution is -2.50. The first-order chi connectivity index (χ1) is 13.6. The van der Waals surface area contributed by atoms with E-state index in [0.29, 0.717) is 23.4 Å². The van der Waals surface area contributed by atoms with E-state index in [-0.39, 0.29) is 41.3 Å². The van der Waals surface area contributed by atoms with Gasteiger partial charge in [-0.3, -0.25) is 9.59 Å². The molecule has 1 aromatic carbocycles. The monoisotopic (exact) mass is 396 g/mol. The number of allylic oxidation sites excluding steroid dienone is 1. The zero-order chi connectivity index (χ0) is 21.1. The Balaban J connectivity index is 2.08. The highest BCUT2D eigenvalue weighted by Crippen LogP contribution is 2.56. The minimum atomic E-state index is -1.67. The molecule has 4 rings (SSSR count). The highest BCUT2D eigenvalue weighted by molar-refractivity contribution is 6.22. The number of fused-ring (bicyclic) bond motifs is 3. The van der Waals surface area contributed by atoms with Gasteiger partial charge in [0.05, 0.1) is 12.2 Å². The van der Waals surface area contributed by atoms with Gasteiger partial charge in [0, 0.05) is 24.1 Å². The van der Waals surface area contributed by atoms with E-state index in [0.717, 1.165) is 5.56 Å². The molecule has 0 radical (unpaired) electrons. The van der Waals surface area contributed by atoms with Crippen LogP contribution < -0.4 is 11.1 Å². The fourth-order valence-electron chi connectivity index (χ4n) is 4.63. The van der Waals surface area contributed by atoms with Crippen LogP contribution >= 0.6 is 0 Å². The first kappa shape index (κ1) is 19.2.